The van der Waals surface area contributed by atoms with E-state index in [0.717, 1.165) is 12.0 Å². The van der Waals surface area contributed by atoms with Crippen molar-refractivity contribution >= 4 is 11.8 Å². The van der Waals surface area contributed by atoms with Crippen molar-refractivity contribution in [2.75, 3.05) is 0 Å². The predicted octanol–water partition coefficient (Wildman–Crippen LogP) is 1.66. The van der Waals surface area contributed by atoms with E-state index >= 15 is 0 Å². The Balaban J connectivity index is 2.29. The van der Waals surface area contributed by atoms with E-state index in [1.54, 1.807) is 0 Å². The molecule has 0 fully saturated rings. The molecule has 1 aromatic rings. The topological polar surface area (TPSA) is 54.4 Å². The van der Waals surface area contributed by atoms with Crippen LogP contribution >= 0.6 is 0 Å². The first-order valence-corrected chi connectivity index (χ1v) is 4.50. The average Bonchev–Trinajstić information content (AvgIpc) is 2.19. The molecule has 0 aliphatic rings. The summed E-state index contributed by atoms with van der Waals surface area (Å²) in [7, 11) is 0. The Kier molecular flexibility index (Phi) is 3.85. The molecule has 14 heavy (non-hydrogen) atoms. The number of hydrogen-bond acceptors (Lipinski definition) is 2. The Morgan fingerprint density at radius 3 is 2.50 bits per heavy atom. The van der Waals surface area contributed by atoms with Crippen LogP contribution in [0.4, 0.5) is 0 Å². The molecule has 0 saturated heterocycles. The summed E-state index contributed by atoms with van der Waals surface area (Å²) in [4.78, 5) is 20.9. The number of carbonyl (C=O) groups excluding carboxylic acids is 1. The molecule has 3 heteroatoms. The second-order valence-electron chi connectivity index (χ2n) is 3.07. The van der Waals surface area contributed by atoms with Crippen LogP contribution in [-0.2, 0) is 16.0 Å². The van der Waals surface area contributed by atoms with Gasteiger partial charge in [0.25, 0.3) is 0 Å². The number of carbonyl (C=O) groups is 2. The maximum atomic E-state index is 10.7. The van der Waals surface area contributed by atoms with Crippen LogP contribution in [0.3, 0.4) is 0 Å². The van der Waals surface area contributed by atoms with Crippen molar-refractivity contribution in [3.63, 3.8) is 0 Å². The number of rotatable bonds is 5. The van der Waals surface area contributed by atoms with Crippen molar-refractivity contribution in [2.24, 2.45) is 0 Å². The molecule has 0 heterocycles. The highest BCUT2D eigenvalue weighted by molar-refractivity contribution is 6.32. The average molecular weight is 194 g/mol. The third-order valence-corrected chi connectivity index (χ3v) is 1.95. The van der Waals surface area contributed by atoms with E-state index in [0.29, 0.717) is 6.42 Å². The van der Waals surface area contributed by atoms with Gasteiger partial charge in [-0.25, -0.2) is 4.79 Å². The van der Waals surface area contributed by atoms with Crippen LogP contribution in [-0.4, -0.2) is 16.9 Å². The lowest BCUT2D eigenvalue weighted by atomic mass is 10.1. The van der Waals surface area contributed by atoms with E-state index in [4.69, 9.17) is 5.11 Å². The Morgan fingerprint density at radius 1 is 1.29 bits per heavy atom. The van der Waals surface area contributed by atoms with Crippen molar-refractivity contribution < 1.29 is 14.7 Å². The highest BCUT2D eigenvalue weighted by Crippen LogP contribution is 2.04. The third-order valence-electron chi connectivity index (χ3n) is 1.95. The molecule has 0 amide bonds. The maximum Gasteiger partial charge on any atom is 0.372 e. The summed E-state index contributed by atoms with van der Waals surface area (Å²) in [5, 5.41) is 8.33. The highest BCUT2D eigenvalue weighted by atomic mass is 18.1. The molecule has 74 valence electrons. The number of Topliss-reactive ketones (excluding diaryl/α,β-unsaturated/α-hetero) is 1. The van der Waals surface area contributed by atoms with Gasteiger partial charge in [0.2, 0.25) is 5.78 Å². The molecule has 1 aromatic carbocycles. The largest absolute Gasteiger partial charge is 0.476 e. The summed E-state index contributed by atoms with van der Waals surface area (Å²) in [6, 6.07) is 9.70. The SMILES string of the molecule is O=C(O)C(=[18O])CCCc1ccccc1. The Labute approximate surface area is 82.4 Å². The van der Waals surface area contributed by atoms with Crippen molar-refractivity contribution in [3.8, 4) is 0 Å². The Morgan fingerprint density at radius 2 is 1.93 bits per heavy atom. The molecular weight excluding hydrogens is 182 g/mol. The molecule has 1 N–H and O–H groups in total. The van der Waals surface area contributed by atoms with Crippen LogP contribution in [0.2, 0.25) is 0 Å². The van der Waals surface area contributed by atoms with Gasteiger partial charge in [-0.05, 0) is 18.4 Å². The van der Waals surface area contributed by atoms with Gasteiger partial charge < -0.3 is 5.11 Å². The highest BCUT2D eigenvalue weighted by Gasteiger charge is 2.09. The fraction of sp³-hybridized carbons (Fsp3) is 0.273. The van der Waals surface area contributed by atoms with Gasteiger partial charge >= 0.3 is 5.97 Å². The zero-order chi connectivity index (χ0) is 10.4. The second-order valence-corrected chi connectivity index (χ2v) is 3.07. The van der Waals surface area contributed by atoms with E-state index in [9.17, 15) is 9.59 Å². The minimum Gasteiger partial charge on any atom is -0.476 e. The van der Waals surface area contributed by atoms with E-state index in [1.807, 2.05) is 30.3 Å². The molecule has 0 aromatic heterocycles. The van der Waals surface area contributed by atoms with Crippen LogP contribution in [0.5, 0.6) is 0 Å². The van der Waals surface area contributed by atoms with Crippen LogP contribution < -0.4 is 0 Å². The van der Waals surface area contributed by atoms with Gasteiger partial charge in [-0.3, -0.25) is 4.79 Å². The minimum atomic E-state index is -1.34. The summed E-state index contributed by atoms with van der Waals surface area (Å²) >= 11 is 0. The van der Waals surface area contributed by atoms with Crippen molar-refractivity contribution in [1.29, 1.82) is 0 Å². The summed E-state index contributed by atoms with van der Waals surface area (Å²) in [6.45, 7) is 0. The molecule has 0 atom stereocenters. The molecule has 0 aliphatic heterocycles. The molecule has 0 aliphatic carbocycles. The van der Waals surface area contributed by atoms with E-state index in [-0.39, 0.29) is 6.42 Å². The minimum absolute atomic E-state index is 0.115. The van der Waals surface area contributed by atoms with Gasteiger partial charge in [-0.2, -0.15) is 0 Å². The molecular formula is C11H12O3. The smallest absolute Gasteiger partial charge is 0.372 e. The normalized spacial score (nSPS) is 9.71. The van der Waals surface area contributed by atoms with Crippen LogP contribution in [0.15, 0.2) is 30.3 Å². The lowest BCUT2D eigenvalue weighted by molar-refractivity contribution is -0.149. The first-order valence-electron chi connectivity index (χ1n) is 4.50. The fourth-order valence-corrected chi connectivity index (χ4v) is 1.20. The monoisotopic (exact) mass is 194 g/mol. The molecule has 0 radical (unpaired) electrons. The molecule has 0 unspecified atom stereocenters. The molecule has 0 spiro atoms. The van der Waals surface area contributed by atoms with E-state index < -0.39 is 11.8 Å². The summed E-state index contributed by atoms with van der Waals surface area (Å²) in [5.41, 5.74) is 1.13. The standard InChI is InChI=1S/C11H12O3/c12-10(11(13)14)8-4-7-9-5-2-1-3-6-9/h1-3,5-6H,4,7-8H2,(H,13,14)/i12+2. The summed E-state index contributed by atoms with van der Waals surface area (Å²) in [6.07, 6.45) is 1.46. The van der Waals surface area contributed by atoms with Gasteiger partial charge in [0.15, 0.2) is 0 Å². The fourth-order valence-electron chi connectivity index (χ4n) is 1.20. The van der Waals surface area contributed by atoms with E-state index in [2.05, 4.69) is 0 Å². The number of aliphatic carboxylic acids is 1. The van der Waals surface area contributed by atoms with Crippen LogP contribution in [0.1, 0.15) is 18.4 Å². The van der Waals surface area contributed by atoms with Crippen molar-refractivity contribution in [3.05, 3.63) is 35.9 Å². The molecule has 0 bridgehead atoms. The van der Waals surface area contributed by atoms with Crippen LogP contribution in [0, 0.1) is 0 Å². The van der Waals surface area contributed by atoms with E-state index in [1.165, 1.54) is 0 Å². The number of aryl methyl sites for hydroxylation is 1. The van der Waals surface area contributed by atoms with Gasteiger partial charge in [-0.15, -0.1) is 0 Å². The zero-order valence-corrected chi connectivity index (χ0v) is 7.77. The molecule has 3 nitrogen and oxygen atoms in total. The summed E-state index contributed by atoms with van der Waals surface area (Å²) in [5.74, 6) is -2.04. The zero-order valence-electron chi connectivity index (χ0n) is 7.77. The lowest BCUT2D eigenvalue weighted by Crippen LogP contribution is -2.12. The number of hydrogen-bond donors (Lipinski definition) is 1. The third kappa shape index (κ3) is 3.39. The Hall–Kier alpha value is -1.64. The first-order chi connectivity index (χ1) is 6.70. The molecule has 1 rings (SSSR count). The Bertz CT molecular complexity index is 317. The maximum absolute atomic E-state index is 10.7. The van der Waals surface area contributed by atoms with Gasteiger partial charge in [0.05, 0.1) is 0 Å². The quantitative estimate of drug-likeness (QED) is 0.573. The first kappa shape index (κ1) is 10.4. The number of benzene rings is 1. The molecule has 0 saturated carbocycles. The number of carboxylic acids is 1. The van der Waals surface area contributed by atoms with Gasteiger partial charge in [0.1, 0.15) is 0 Å². The van der Waals surface area contributed by atoms with Crippen molar-refractivity contribution in [1.82, 2.24) is 0 Å². The lowest BCUT2D eigenvalue weighted by Gasteiger charge is -1.98. The number of carboxylic acid groups (broad SMARTS) is 1. The second kappa shape index (κ2) is 5.17. The van der Waals surface area contributed by atoms with Gasteiger partial charge in [-0.1, -0.05) is 30.3 Å². The van der Waals surface area contributed by atoms with Crippen LogP contribution in [0.25, 0.3) is 0 Å². The van der Waals surface area contributed by atoms with Crippen molar-refractivity contribution in [2.45, 2.75) is 19.3 Å². The number of ketones is 1. The predicted molar refractivity (Wildman–Crippen MR) is 52.0 cm³/mol. The van der Waals surface area contributed by atoms with Gasteiger partial charge in [0, 0.05) is 6.42 Å². The summed E-state index contributed by atoms with van der Waals surface area (Å²) < 4.78 is 0.